The van der Waals surface area contributed by atoms with E-state index in [2.05, 4.69) is 32.6 Å². The summed E-state index contributed by atoms with van der Waals surface area (Å²) >= 11 is 0. The Morgan fingerprint density at radius 3 is 2.55 bits per heavy atom. The molecule has 0 amide bonds. The third kappa shape index (κ3) is 4.68. The van der Waals surface area contributed by atoms with Crippen LogP contribution in [0.15, 0.2) is 65.8 Å². The average Bonchev–Trinajstić information content (AvgIpc) is 3.12. The number of aliphatic hydroxyl groups is 2. The molecule has 3 saturated carbocycles. The molecular weight excluding hydrogens is 384 g/mol. The molecule has 0 unspecified atom stereocenters. The van der Waals surface area contributed by atoms with Gasteiger partial charge >= 0.3 is 0 Å². The molecule has 0 aromatic heterocycles. The number of hydrogen-bond acceptors (Lipinski definition) is 3. The van der Waals surface area contributed by atoms with Gasteiger partial charge in [0.15, 0.2) is 0 Å². The Balaban J connectivity index is 1.44. The standard InChI is InChI=1S/C28H38O3/c1-19(18-31-23-9-5-4-6-10-23)24-13-14-25-22(8-7-15-28(24,25)3)12-11-21-16-26(29)20(2)27(30)17-21/h4-6,9-12,19,24-27,29-30H,2,7-8,13-18H2,1,3H3/b22-12+/t19-,24-,25+,26-,27-,28-/m1/s1. The van der Waals surface area contributed by atoms with Crippen LogP contribution < -0.4 is 4.74 Å². The molecule has 0 saturated heterocycles. The SMILES string of the molecule is C=C1[C@H](O)CC(=C/C=C2\CCC[C@]3(C)[C@@H]([C@H](C)COc4ccccc4)CC[C@@H]23)C[C@H]1O. The Kier molecular flexibility index (Phi) is 6.74. The molecule has 1 aromatic carbocycles. The van der Waals surface area contributed by atoms with Gasteiger partial charge in [-0.1, -0.05) is 61.9 Å². The maximum absolute atomic E-state index is 10.1. The molecule has 6 atom stereocenters. The van der Waals surface area contributed by atoms with Gasteiger partial charge < -0.3 is 14.9 Å². The lowest BCUT2D eigenvalue weighted by molar-refractivity contribution is 0.0747. The minimum absolute atomic E-state index is 0.335. The number of aliphatic hydroxyl groups excluding tert-OH is 2. The van der Waals surface area contributed by atoms with Crippen molar-refractivity contribution < 1.29 is 14.9 Å². The molecule has 0 radical (unpaired) electrons. The molecule has 3 aliphatic rings. The number of ether oxygens (including phenoxy) is 1. The third-order valence-corrected chi connectivity index (χ3v) is 8.28. The van der Waals surface area contributed by atoms with Gasteiger partial charge in [0.1, 0.15) is 5.75 Å². The first-order chi connectivity index (χ1) is 14.9. The Morgan fingerprint density at radius 1 is 1.13 bits per heavy atom. The van der Waals surface area contributed by atoms with E-state index in [1.54, 1.807) is 5.57 Å². The lowest BCUT2D eigenvalue weighted by Gasteiger charge is -2.44. The van der Waals surface area contributed by atoms with E-state index in [-0.39, 0.29) is 0 Å². The normalized spacial score (nSPS) is 35.7. The van der Waals surface area contributed by atoms with Gasteiger partial charge in [0.05, 0.1) is 18.8 Å². The first-order valence-electron chi connectivity index (χ1n) is 12.0. The van der Waals surface area contributed by atoms with E-state index in [1.807, 2.05) is 30.3 Å². The average molecular weight is 423 g/mol. The summed E-state index contributed by atoms with van der Waals surface area (Å²) in [6.07, 6.45) is 10.7. The van der Waals surface area contributed by atoms with Gasteiger partial charge in [-0.3, -0.25) is 0 Å². The van der Waals surface area contributed by atoms with Crippen molar-refractivity contribution in [1.82, 2.24) is 0 Å². The van der Waals surface area contributed by atoms with Crippen LogP contribution in [0, 0.1) is 23.2 Å². The molecule has 0 heterocycles. The first-order valence-corrected chi connectivity index (χ1v) is 12.0. The van der Waals surface area contributed by atoms with Crippen LogP contribution in [0.4, 0.5) is 0 Å². The molecule has 4 rings (SSSR count). The zero-order chi connectivity index (χ0) is 22.0. The van der Waals surface area contributed by atoms with Crippen molar-refractivity contribution in [2.45, 2.75) is 71.0 Å². The molecule has 1 aromatic rings. The zero-order valence-corrected chi connectivity index (χ0v) is 19.1. The van der Waals surface area contributed by atoms with E-state index in [0.29, 0.717) is 41.6 Å². The fourth-order valence-corrected chi connectivity index (χ4v) is 6.50. The van der Waals surface area contributed by atoms with E-state index >= 15 is 0 Å². The number of allylic oxidation sites excluding steroid dienone is 3. The summed E-state index contributed by atoms with van der Waals surface area (Å²) < 4.78 is 6.11. The predicted molar refractivity (Wildman–Crippen MR) is 126 cm³/mol. The molecule has 0 spiro atoms. The number of fused-ring (bicyclic) bond motifs is 1. The van der Waals surface area contributed by atoms with Crippen LogP contribution in [0.2, 0.25) is 0 Å². The molecule has 0 bridgehead atoms. The number of benzene rings is 1. The summed E-state index contributed by atoms with van der Waals surface area (Å²) in [6.45, 7) is 9.46. The molecular formula is C28H38O3. The van der Waals surface area contributed by atoms with E-state index < -0.39 is 12.2 Å². The van der Waals surface area contributed by atoms with Crippen LogP contribution >= 0.6 is 0 Å². The van der Waals surface area contributed by atoms with Gasteiger partial charge in [0.2, 0.25) is 0 Å². The fourth-order valence-electron chi connectivity index (χ4n) is 6.50. The molecule has 31 heavy (non-hydrogen) atoms. The van der Waals surface area contributed by atoms with E-state index in [1.165, 1.54) is 32.1 Å². The van der Waals surface area contributed by atoms with Gasteiger partial charge in [-0.25, -0.2) is 0 Å². The molecule has 3 fully saturated rings. The summed E-state index contributed by atoms with van der Waals surface area (Å²) in [4.78, 5) is 0. The van der Waals surface area contributed by atoms with Crippen LogP contribution in [0.25, 0.3) is 0 Å². The van der Waals surface area contributed by atoms with Crippen LogP contribution in [0.3, 0.4) is 0 Å². The smallest absolute Gasteiger partial charge is 0.119 e. The predicted octanol–water partition coefficient (Wildman–Crippen LogP) is 5.84. The van der Waals surface area contributed by atoms with Crippen molar-refractivity contribution in [2.75, 3.05) is 6.61 Å². The largest absolute Gasteiger partial charge is 0.493 e. The lowest BCUT2D eigenvalue weighted by atomic mass is 9.61. The molecule has 0 aliphatic heterocycles. The van der Waals surface area contributed by atoms with Crippen LogP contribution in [0.1, 0.15) is 58.8 Å². The summed E-state index contributed by atoms with van der Waals surface area (Å²) in [6, 6.07) is 10.2. The minimum Gasteiger partial charge on any atom is -0.493 e. The van der Waals surface area contributed by atoms with Crippen molar-refractivity contribution in [2.24, 2.45) is 23.2 Å². The van der Waals surface area contributed by atoms with Crippen LogP contribution in [-0.2, 0) is 0 Å². The Morgan fingerprint density at radius 2 is 1.84 bits per heavy atom. The quantitative estimate of drug-likeness (QED) is 0.586. The van der Waals surface area contributed by atoms with Crippen molar-refractivity contribution in [3.8, 4) is 5.75 Å². The number of hydrogen-bond donors (Lipinski definition) is 2. The third-order valence-electron chi connectivity index (χ3n) is 8.28. The highest BCUT2D eigenvalue weighted by Gasteiger charge is 2.50. The van der Waals surface area contributed by atoms with E-state index in [0.717, 1.165) is 17.9 Å². The van der Waals surface area contributed by atoms with Gasteiger partial charge in [-0.2, -0.15) is 0 Å². The van der Waals surface area contributed by atoms with E-state index in [4.69, 9.17) is 4.74 Å². The first kappa shape index (κ1) is 22.4. The highest BCUT2D eigenvalue weighted by atomic mass is 16.5. The second kappa shape index (κ2) is 9.34. The number of rotatable bonds is 5. The topological polar surface area (TPSA) is 49.7 Å². The molecule has 3 heteroatoms. The monoisotopic (exact) mass is 422 g/mol. The second-order valence-corrected chi connectivity index (χ2v) is 10.3. The molecule has 3 nitrogen and oxygen atoms in total. The van der Waals surface area contributed by atoms with E-state index in [9.17, 15) is 10.2 Å². The molecule has 2 N–H and O–H groups in total. The summed E-state index contributed by atoms with van der Waals surface area (Å²) in [5.41, 5.74) is 3.59. The maximum atomic E-state index is 10.1. The molecule has 168 valence electrons. The van der Waals surface area contributed by atoms with Gasteiger partial charge in [0.25, 0.3) is 0 Å². The fraction of sp³-hybridized carbons (Fsp3) is 0.571. The van der Waals surface area contributed by atoms with Gasteiger partial charge in [-0.05, 0) is 85.8 Å². The van der Waals surface area contributed by atoms with Crippen LogP contribution in [-0.4, -0.2) is 29.0 Å². The highest BCUT2D eigenvalue weighted by molar-refractivity contribution is 5.29. The number of para-hydroxylation sites is 1. The maximum Gasteiger partial charge on any atom is 0.119 e. The van der Waals surface area contributed by atoms with Gasteiger partial charge in [0, 0.05) is 0 Å². The molecule has 3 aliphatic carbocycles. The Labute approximate surface area is 187 Å². The van der Waals surface area contributed by atoms with Crippen molar-refractivity contribution >= 4 is 0 Å². The lowest BCUT2D eigenvalue weighted by Crippen LogP contribution is -2.37. The second-order valence-electron chi connectivity index (χ2n) is 10.3. The Hall–Kier alpha value is -1.84. The van der Waals surface area contributed by atoms with Crippen molar-refractivity contribution in [3.63, 3.8) is 0 Å². The zero-order valence-electron chi connectivity index (χ0n) is 19.1. The van der Waals surface area contributed by atoms with Crippen molar-refractivity contribution in [1.29, 1.82) is 0 Å². The summed E-state index contributed by atoms with van der Waals surface area (Å²) in [7, 11) is 0. The van der Waals surface area contributed by atoms with Gasteiger partial charge in [-0.15, -0.1) is 0 Å². The highest BCUT2D eigenvalue weighted by Crippen LogP contribution is 2.59. The Bertz CT molecular complexity index is 823. The van der Waals surface area contributed by atoms with Crippen LogP contribution in [0.5, 0.6) is 5.75 Å². The minimum atomic E-state index is -0.619. The van der Waals surface area contributed by atoms with Crippen molar-refractivity contribution in [3.05, 3.63) is 65.8 Å². The summed E-state index contributed by atoms with van der Waals surface area (Å²) in [5, 5.41) is 20.3. The summed E-state index contributed by atoms with van der Waals surface area (Å²) in [5.74, 6) is 2.81.